The van der Waals surface area contributed by atoms with E-state index in [9.17, 15) is 14.0 Å². The summed E-state index contributed by atoms with van der Waals surface area (Å²) < 4.78 is 29.3. The molecule has 0 spiro atoms. The number of rotatable bonds is 7. The molecule has 0 radical (unpaired) electrons. The van der Waals surface area contributed by atoms with Crippen LogP contribution in [0.5, 0.6) is 17.2 Å². The Kier molecular flexibility index (Phi) is 6.55. The first-order valence-electron chi connectivity index (χ1n) is 10.0. The Hall–Kier alpha value is -3.53. The fraction of sp³-hybridized carbons (Fsp3) is 0.261. The molecule has 1 aliphatic heterocycles. The molecule has 8 nitrogen and oxygen atoms in total. The van der Waals surface area contributed by atoms with Gasteiger partial charge in [-0.25, -0.2) is 9.37 Å². The summed E-state index contributed by atoms with van der Waals surface area (Å²) in [5, 5.41) is 3.06. The van der Waals surface area contributed by atoms with Gasteiger partial charge in [0.15, 0.2) is 16.7 Å². The minimum absolute atomic E-state index is 0.0679. The third-order valence-corrected chi connectivity index (χ3v) is 6.25. The van der Waals surface area contributed by atoms with Crippen molar-refractivity contribution in [1.82, 2.24) is 9.97 Å². The van der Waals surface area contributed by atoms with Crippen molar-refractivity contribution in [3.8, 4) is 17.2 Å². The SMILES string of the molecule is COc1cc([C@@H]2CC(=O)Nc3nc(SCc4ccc(F)cc4)[nH]c(=O)c32)cc(OC)c1OC. The molecule has 1 aliphatic rings. The van der Waals surface area contributed by atoms with Crippen LogP contribution in [0.15, 0.2) is 46.3 Å². The largest absolute Gasteiger partial charge is 0.493 e. The van der Waals surface area contributed by atoms with Crippen LogP contribution in [0.1, 0.15) is 29.0 Å². The summed E-state index contributed by atoms with van der Waals surface area (Å²) in [7, 11) is 4.51. The summed E-state index contributed by atoms with van der Waals surface area (Å²) in [6.45, 7) is 0. The first-order chi connectivity index (χ1) is 15.9. The highest BCUT2D eigenvalue weighted by Crippen LogP contribution is 2.43. The summed E-state index contributed by atoms with van der Waals surface area (Å²) in [5.74, 6) is 0.852. The topological polar surface area (TPSA) is 103 Å². The highest BCUT2D eigenvalue weighted by molar-refractivity contribution is 7.98. The number of benzene rings is 2. The minimum atomic E-state index is -0.546. The normalized spacial score (nSPS) is 14.9. The van der Waals surface area contributed by atoms with E-state index in [1.165, 1.54) is 45.2 Å². The Morgan fingerprint density at radius 3 is 2.33 bits per heavy atom. The number of H-pyrrole nitrogens is 1. The lowest BCUT2D eigenvalue weighted by Crippen LogP contribution is -2.31. The number of hydrogen-bond acceptors (Lipinski definition) is 7. The second kappa shape index (κ2) is 9.53. The van der Waals surface area contributed by atoms with Gasteiger partial charge < -0.3 is 24.5 Å². The number of nitrogens with zero attached hydrogens (tertiary/aromatic N) is 1. The molecule has 0 unspecified atom stereocenters. The predicted molar refractivity (Wildman–Crippen MR) is 122 cm³/mol. The van der Waals surface area contributed by atoms with Crippen molar-refractivity contribution in [2.75, 3.05) is 26.6 Å². The highest BCUT2D eigenvalue weighted by atomic mass is 32.2. The smallest absolute Gasteiger partial charge is 0.257 e. The van der Waals surface area contributed by atoms with Crippen LogP contribution in [-0.2, 0) is 10.5 Å². The van der Waals surface area contributed by atoms with Crippen molar-refractivity contribution in [3.05, 3.63) is 69.3 Å². The van der Waals surface area contributed by atoms with Crippen LogP contribution in [0.4, 0.5) is 10.2 Å². The van der Waals surface area contributed by atoms with Gasteiger partial charge in [-0.1, -0.05) is 23.9 Å². The number of halogens is 1. The maximum atomic E-state index is 13.1. The summed E-state index contributed by atoms with van der Waals surface area (Å²) >= 11 is 1.28. The van der Waals surface area contributed by atoms with Gasteiger partial charge in [0, 0.05) is 18.1 Å². The Morgan fingerprint density at radius 2 is 1.73 bits per heavy atom. The molecule has 172 valence electrons. The number of carbonyl (C=O) groups is 1. The Bertz CT molecular complexity index is 1220. The maximum absolute atomic E-state index is 13.1. The van der Waals surface area contributed by atoms with E-state index in [-0.39, 0.29) is 29.5 Å². The van der Waals surface area contributed by atoms with Crippen molar-refractivity contribution in [2.24, 2.45) is 0 Å². The molecule has 0 aliphatic carbocycles. The molecule has 4 rings (SSSR count). The molecule has 2 N–H and O–H groups in total. The third-order valence-electron chi connectivity index (χ3n) is 5.31. The van der Waals surface area contributed by atoms with Gasteiger partial charge in [-0.15, -0.1) is 0 Å². The molecule has 33 heavy (non-hydrogen) atoms. The number of anilines is 1. The highest BCUT2D eigenvalue weighted by Gasteiger charge is 2.32. The van der Waals surface area contributed by atoms with E-state index in [2.05, 4.69) is 15.3 Å². The van der Waals surface area contributed by atoms with Gasteiger partial charge in [0.05, 0.1) is 26.9 Å². The molecule has 1 amide bonds. The molecule has 2 heterocycles. The number of fused-ring (bicyclic) bond motifs is 1. The van der Waals surface area contributed by atoms with Crippen molar-refractivity contribution in [2.45, 2.75) is 23.2 Å². The standard InChI is InChI=1S/C23H22FN3O5S/c1-30-16-8-13(9-17(31-2)20(16)32-3)15-10-18(28)25-21-19(15)22(29)27-23(26-21)33-11-12-4-6-14(24)7-5-12/h4-9,15H,10-11H2,1-3H3,(H2,25,26,27,28,29)/t15-/m0/s1. The summed E-state index contributed by atoms with van der Waals surface area (Å²) in [6, 6.07) is 9.54. The van der Waals surface area contributed by atoms with Crippen LogP contribution in [-0.4, -0.2) is 37.2 Å². The molecule has 0 fully saturated rings. The number of aromatic amines is 1. The van der Waals surface area contributed by atoms with Crippen molar-refractivity contribution >= 4 is 23.5 Å². The minimum Gasteiger partial charge on any atom is -0.493 e. The van der Waals surface area contributed by atoms with E-state index < -0.39 is 5.92 Å². The average molecular weight is 472 g/mol. The first-order valence-corrected chi connectivity index (χ1v) is 11.0. The lowest BCUT2D eigenvalue weighted by Gasteiger charge is -2.25. The number of carbonyl (C=O) groups excluding carboxylic acids is 1. The Labute approximate surface area is 193 Å². The van der Waals surface area contributed by atoms with E-state index >= 15 is 0 Å². The van der Waals surface area contributed by atoms with E-state index in [1.54, 1.807) is 24.3 Å². The first kappa shape index (κ1) is 22.7. The quantitative estimate of drug-likeness (QED) is 0.400. The number of nitrogens with one attached hydrogen (secondary N) is 2. The number of ether oxygens (including phenoxy) is 3. The zero-order valence-corrected chi connectivity index (χ0v) is 19.0. The van der Waals surface area contributed by atoms with Gasteiger partial charge in [0.2, 0.25) is 11.7 Å². The monoisotopic (exact) mass is 471 g/mol. The molecule has 0 saturated carbocycles. The molecule has 0 saturated heterocycles. The van der Waals surface area contributed by atoms with Crippen LogP contribution in [0.3, 0.4) is 0 Å². The molecular formula is C23H22FN3O5S. The van der Waals surface area contributed by atoms with Gasteiger partial charge in [-0.2, -0.15) is 0 Å². The zero-order chi connectivity index (χ0) is 23.5. The lowest BCUT2D eigenvalue weighted by molar-refractivity contribution is -0.116. The molecular weight excluding hydrogens is 449 g/mol. The van der Waals surface area contributed by atoms with E-state index in [1.807, 2.05) is 0 Å². The zero-order valence-electron chi connectivity index (χ0n) is 18.2. The van der Waals surface area contributed by atoms with Crippen molar-refractivity contribution < 1.29 is 23.4 Å². The van der Waals surface area contributed by atoms with Crippen LogP contribution in [0.25, 0.3) is 0 Å². The molecule has 1 atom stereocenters. The van der Waals surface area contributed by atoms with Gasteiger partial charge in [0.1, 0.15) is 11.6 Å². The number of amides is 1. The van der Waals surface area contributed by atoms with Gasteiger partial charge in [0.25, 0.3) is 5.56 Å². The molecule has 3 aromatic rings. The number of aromatic nitrogens is 2. The molecule has 1 aromatic heterocycles. The molecule has 10 heteroatoms. The van der Waals surface area contributed by atoms with Crippen LogP contribution in [0.2, 0.25) is 0 Å². The Morgan fingerprint density at radius 1 is 1.06 bits per heavy atom. The van der Waals surface area contributed by atoms with Crippen LogP contribution >= 0.6 is 11.8 Å². The summed E-state index contributed by atoms with van der Waals surface area (Å²) in [5.41, 5.74) is 1.55. The van der Waals surface area contributed by atoms with Gasteiger partial charge in [-0.3, -0.25) is 9.59 Å². The fourth-order valence-electron chi connectivity index (χ4n) is 3.74. The van der Waals surface area contributed by atoms with Gasteiger partial charge >= 0.3 is 0 Å². The van der Waals surface area contributed by atoms with E-state index in [4.69, 9.17) is 14.2 Å². The van der Waals surface area contributed by atoms with Crippen molar-refractivity contribution in [1.29, 1.82) is 0 Å². The van der Waals surface area contributed by atoms with Crippen molar-refractivity contribution in [3.63, 3.8) is 0 Å². The summed E-state index contributed by atoms with van der Waals surface area (Å²) in [4.78, 5) is 32.8. The Balaban J connectivity index is 1.70. The third kappa shape index (κ3) is 4.65. The number of thioether (sulfide) groups is 1. The van der Waals surface area contributed by atoms with Crippen LogP contribution < -0.4 is 25.1 Å². The summed E-state index contributed by atoms with van der Waals surface area (Å²) in [6.07, 6.45) is 0.0679. The van der Waals surface area contributed by atoms with Gasteiger partial charge in [-0.05, 0) is 35.4 Å². The fourth-order valence-corrected chi connectivity index (χ4v) is 4.56. The van der Waals surface area contributed by atoms with E-state index in [0.717, 1.165) is 5.56 Å². The molecule has 0 bridgehead atoms. The second-order valence-corrected chi connectivity index (χ2v) is 8.28. The van der Waals surface area contributed by atoms with Crippen LogP contribution in [0, 0.1) is 5.82 Å². The second-order valence-electron chi connectivity index (χ2n) is 7.31. The lowest BCUT2D eigenvalue weighted by atomic mass is 9.86. The average Bonchev–Trinajstić information content (AvgIpc) is 2.81. The predicted octanol–water partition coefficient (Wildman–Crippen LogP) is 3.70. The maximum Gasteiger partial charge on any atom is 0.257 e. The molecule has 2 aromatic carbocycles. The number of methoxy groups -OCH3 is 3. The van der Waals surface area contributed by atoms with E-state index in [0.29, 0.717) is 39.3 Å². The number of hydrogen-bond donors (Lipinski definition) is 2.